The van der Waals surface area contributed by atoms with E-state index in [9.17, 15) is 5.26 Å². The molecule has 0 saturated carbocycles. The Balaban J connectivity index is 1.86. The first-order chi connectivity index (χ1) is 9.67. The second-order valence-corrected chi connectivity index (χ2v) is 5.98. The van der Waals surface area contributed by atoms with Crippen LogP contribution in [0.4, 0.5) is 5.69 Å². The summed E-state index contributed by atoms with van der Waals surface area (Å²) < 4.78 is 5.38. The van der Waals surface area contributed by atoms with E-state index >= 15 is 0 Å². The molecule has 2 bridgehead atoms. The zero-order chi connectivity index (χ0) is 14.2. The predicted octanol–water partition coefficient (Wildman–Crippen LogP) is 2.63. The highest BCUT2D eigenvalue weighted by atomic mass is 16.5. The zero-order valence-electron chi connectivity index (χ0n) is 12.1. The van der Waals surface area contributed by atoms with Crippen LogP contribution in [0.25, 0.3) is 0 Å². The lowest BCUT2D eigenvalue weighted by atomic mass is 9.84. The Hall–Kier alpha value is -1.73. The standard InChI is InChI=1S/C16H21N3O/c1-19-12-7-8-13(19)10-16(9-12,11-17)18-14-5-3-4-6-15(14)20-2/h3-6,12-13,18H,7-10H2,1-2H3. The third-order valence-corrected chi connectivity index (χ3v) is 4.85. The van der Waals surface area contributed by atoms with Gasteiger partial charge in [-0.15, -0.1) is 0 Å². The second kappa shape index (κ2) is 4.99. The third-order valence-electron chi connectivity index (χ3n) is 4.85. The highest BCUT2D eigenvalue weighted by Crippen LogP contribution is 2.42. The highest BCUT2D eigenvalue weighted by Gasteiger charge is 2.47. The number of nitriles is 1. The summed E-state index contributed by atoms with van der Waals surface area (Å²) >= 11 is 0. The van der Waals surface area contributed by atoms with E-state index in [0.29, 0.717) is 12.1 Å². The lowest BCUT2D eigenvalue weighted by Crippen LogP contribution is -2.52. The molecule has 1 aromatic rings. The van der Waals surface area contributed by atoms with Gasteiger partial charge >= 0.3 is 0 Å². The quantitative estimate of drug-likeness (QED) is 0.918. The Labute approximate surface area is 120 Å². The van der Waals surface area contributed by atoms with Crippen LogP contribution >= 0.6 is 0 Å². The molecular formula is C16H21N3O. The molecule has 20 heavy (non-hydrogen) atoms. The summed E-state index contributed by atoms with van der Waals surface area (Å²) in [7, 11) is 3.85. The molecule has 2 saturated heterocycles. The Morgan fingerprint density at radius 1 is 1.30 bits per heavy atom. The second-order valence-electron chi connectivity index (χ2n) is 5.98. The lowest BCUT2D eigenvalue weighted by molar-refractivity contribution is 0.146. The average molecular weight is 271 g/mol. The maximum Gasteiger partial charge on any atom is 0.141 e. The molecule has 2 heterocycles. The minimum Gasteiger partial charge on any atom is -0.495 e. The van der Waals surface area contributed by atoms with Crippen LogP contribution in [0.1, 0.15) is 25.7 Å². The Kier molecular flexibility index (Phi) is 3.31. The zero-order valence-corrected chi connectivity index (χ0v) is 12.1. The van der Waals surface area contributed by atoms with Crippen LogP contribution in [0, 0.1) is 11.3 Å². The molecule has 4 heteroatoms. The van der Waals surface area contributed by atoms with Gasteiger partial charge in [0.1, 0.15) is 11.3 Å². The van der Waals surface area contributed by atoms with Crippen molar-refractivity contribution >= 4 is 5.69 Å². The van der Waals surface area contributed by atoms with Crippen molar-refractivity contribution < 1.29 is 4.74 Å². The van der Waals surface area contributed by atoms with E-state index in [1.165, 1.54) is 12.8 Å². The topological polar surface area (TPSA) is 48.3 Å². The van der Waals surface area contributed by atoms with Gasteiger partial charge < -0.3 is 15.0 Å². The minimum atomic E-state index is -0.465. The van der Waals surface area contributed by atoms with Gasteiger partial charge in [-0.2, -0.15) is 5.26 Å². The van der Waals surface area contributed by atoms with E-state index in [0.717, 1.165) is 24.3 Å². The Morgan fingerprint density at radius 3 is 2.55 bits per heavy atom. The molecule has 2 aliphatic heterocycles. The first-order valence-corrected chi connectivity index (χ1v) is 7.22. The number of anilines is 1. The Morgan fingerprint density at radius 2 is 1.95 bits per heavy atom. The molecular weight excluding hydrogens is 250 g/mol. The number of para-hydroxylation sites is 2. The third kappa shape index (κ3) is 2.12. The number of nitrogens with zero attached hydrogens (tertiary/aromatic N) is 2. The van der Waals surface area contributed by atoms with Crippen molar-refractivity contribution in [2.24, 2.45) is 0 Å². The summed E-state index contributed by atoms with van der Waals surface area (Å²) in [5, 5.41) is 13.2. The van der Waals surface area contributed by atoms with Gasteiger partial charge in [-0.05, 0) is 44.9 Å². The molecule has 0 radical (unpaired) electrons. The summed E-state index contributed by atoms with van der Waals surface area (Å²) in [6, 6.07) is 11.4. The molecule has 0 spiro atoms. The van der Waals surface area contributed by atoms with Crippen molar-refractivity contribution in [1.29, 1.82) is 5.26 Å². The SMILES string of the molecule is COc1ccccc1NC1(C#N)CC2CCC(C1)N2C. The van der Waals surface area contributed by atoms with Crippen LogP contribution in [0.15, 0.2) is 24.3 Å². The largest absolute Gasteiger partial charge is 0.495 e. The van der Waals surface area contributed by atoms with E-state index in [1.807, 2.05) is 24.3 Å². The maximum absolute atomic E-state index is 9.74. The smallest absolute Gasteiger partial charge is 0.141 e. The molecule has 1 N–H and O–H groups in total. The molecule has 0 aliphatic carbocycles. The maximum atomic E-state index is 9.74. The van der Waals surface area contributed by atoms with Crippen LogP contribution in [-0.2, 0) is 0 Å². The molecule has 2 atom stereocenters. The summed E-state index contributed by atoms with van der Waals surface area (Å²) in [6.07, 6.45) is 4.18. The summed E-state index contributed by atoms with van der Waals surface area (Å²) in [4.78, 5) is 2.44. The number of piperidine rings is 1. The monoisotopic (exact) mass is 271 g/mol. The normalized spacial score (nSPS) is 32.6. The molecule has 2 aliphatic rings. The van der Waals surface area contributed by atoms with Gasteiger partial charge in [0, 0.05) is 12.1 Å². The molecule has 2 fully saturated rings. The van der Waals surface area contributed by atoms with Gasteiger partial charge in [0.15, 0.2) is 0 Å². The van der Waals surface area contributed by atoms with Crippen molar-refractivity contribution in [3.63, 3.8) is 0 Å². The van der Waals surface area contributed by atoms with Crippen molar-refractivity contribution in [3.05, 3.63) is 24.3 Å². The number of ether oxygens (including phenoxy) is 1. The molecule has 1 aromatic carbocycles. The number of fused-ring (bicyclic) bond motifs is 2. The molecule has 106 valence electrons. The number of hydrogen-bond donors (Lipinski definition) is 1. The number of benzene rings is 1. The van der Waals surface area contributed by atoms with E-state index in [1.54, 1.807) is 7.11 Å². The van der Waals surface area contributed by atoms with E-state index in [2.05, 4.69) is 23.3 Å². The Bertz CT molecular complexity index is 523. The van der Waals surface area contributed by atoms with Crippen molar-refractivity contribution in [1.82, 2.24) is 4.90 Å². The molecule has 0 amide bonds. The van der Waals surface area contributed by atoms with Gasteiger partial charge in [-0.3, -0.25) is 0 Å². The predicted molar refractivity (Wildman–Crippen MR) is 78.8 cm³/mol. The summed E-state index contributed by atoms with van der Waals surface area (Å²) in [5.41, 5.74) is 0.452. The fourth-order valence-corrected chi connectivity index (χ4v) is 3.70. The highest BCUT2D eigenvalue weighted by molar-refractivity contribution is 5.59. The van der Waals surface area contributed by atoms with Crippen molar-refractivity contribution in [2.45, 2.75) is 43.3 Å². The van der Waals surface area contributed by atoms with Crippen LogP contribution in [0.2, 0.25) is 0 Å². The van der Waals surface area contributed by atoms with E-state index < -0.39 is 5.54 Å². The van der Waals surface area contributed by atoms with Crippen molar-refractivity contribution in [2.75, 3.05) is 19.5 Å². The van der Waals surface area contributed by atoms with Gasteiger partial charge in [0.05, 0.1) is 18.9 Å². The van der Waals surface area contributed by atoms with Crippen molar-refractivity contribution in [3.8, 4) is 11.8 Å². The van der Waals surface area contributed by atoms with Crippen LogP contribution in [0.5, 0.6) is 5.75 Å². The molecule has 3 rings (SSSR count). The molecule has 4 nitrogen and oxygen atoms in total. The first kappa shape index (κ1) is 13.3. The van der Waals surface area contributed by atoms with Gasteiger partial charge in [-0.1, -0.05) is 12.1 Å². The number of nitrogens with one attached hydrogen (secondary N) is 1. The van der Waals surface area contributed by atoms with Crippen LogP contribution in [0.3, 0.4) is 0 Å². The fraction of sp³-hybridized carbons (Fsp3) is 0.562. The number of hydrogen-bond acceptors (Lipinski definition) is 4. The summed E-state index contributed by atoms with van der Waals surface area (Å²) in [5.74, 6) is 0.799. The number of methoxy groups -OCH3 is 1. The minimum absolute atomic E-state index is 0.465. The molecule has 2 unspecified atom stereocenters. The lowest BCUT2D eigenvalue weighted by Gasteiger charge is -2.42. The number of rotatable bonds is 3. The first-order valence-electron chi connectivity index (χ1n) is 7.22. The fourth-order valence-electron chi connectivity index (χ4n) is 3.70. The van der Waals surface area contributed by atoms with Gasteiger partial charge in [0.2, 0.25) is 0 Å². The van der Waals surface area contributed by atoms with Gasteiger partial charge in [-0.25, -0.2) is 0 Å². The van der Waals surface area contributed by atoms with Crippen LogP contribution in [-0.4, -0.2) is 36.7 Å². The summed E-state index contributed by atoms with van der Waals surface area (Å²) in [6.45, 7) is 0. The van der Waals surface area contributed by atoms with E-state index in [4.69, 9.17) is 4.74 Å². The van der Waals surface area contributed by atoms with E-state index in [-0.39, 0.29) is 0 Å². The molecule has 0 aromatic heterocycles. The van der Waals surface area contributed by atoms with Crippen LogP contribution < -0.4 is 10.1 Å². The van der Waals surface area contributed by atoms with Gasteiger partial charge in [0.25, 0.3) is 0 Å². The average Bonchev–Trinajstić information content (AvgIpc) is 2.71.